The molecular weight excluding hydrogens is 628 g/mol. The average molecular weight is 648 g/mol. The molecule has 1 saturated heterocycles. The molecule has 2 aromatic heterocycles. The van der Waals surface area contributed by atoms with E-state index in [9.17, 15) is 32.9 Å². The second-order valence-corrected chi connectivity index (χ2v) is 10.4. The third-order valence-corrected chi connectivity index (χ3v) is 7.13. The van der Waals surface area contributed by atoms with E-state index in [4.69, 9.17) is 16.3 Å². The maximum Gasteiger partial charge on any atom is 0.418 e. The Hall–Kier alpha value is -2.95. The van der Waals surface area contributed by atoms with Crippen LogP contribution in [0.15, 0.2) is 47.1 Å². The first-order valence-corrected chi connectivity index (χ1v) is 12.9. The van der Waals surface area contributed by atoms with Gasteiger partial charge in [-0.1, -0.05) is 32.7 Å². The highest BCUT2D eigenvalue weighted by atomic mass is 79.9. The van der Waals surface area contributed by atoms with Crippen molar-refractivity contribution in [1.82, 2.24) is 29.8 Å². The number of aromatic nitrogens is 6. The van der Waals surface area contributed by atoms with E-state index in [1.165, 1.54) is 25.3 Å². The molecule has 16 heteroatoms. The first-order valence-electron chi connectivity index (χ1n) is 11.7. The van der Waals surface area contributed by atoms with E-state index < -0.39 is 60.3 Å². The van der Waals surface area contributed by atoms with Crippen LogP contribution in [0.25, 0.3) is 16.9 Å². The van der Waals surface area contributed by atoms with Gasteiger partial charge in [-0.25, -0.2) is 18.7 Å². The second-order valence-electron chi connectivity index (χ2n) is 9.05. The van der Waals surface area contributed by atoms with Crippen LogP contribution >= 0.6 is 27.5 Å². The summed E-state index contributed by atoms with van der Waals surface area (Å²) in [6, 6.07) is 5.86. The molecule has 4 aromatic rings. The fourth-order valence-electron chi connectivity index (χ4n) is 4.58. The lowest BCUT2D eigenvalue weighted by Crippen LogP contribution is -2.53. The first-order chi connectivity index (χ1) is 18.9. The van der Waals surface area contributed by atoms with E-state index in [0.717, 1.165) is 27.6 Å². The van der Waals surface area contributed by atoms with Crippen molar-refractivity contribution in [2.75, 3.05) is 6.61 Å². The molecular formula is C24H20BrClF4N6O4. The van der Waals surface area contributed by atoms with Gasteiger partial charge in [0.1, 0.15) is 47.8 Å². The summed E-state index contributed by atoms with van der Waals surface area (Å²) in [5.41, 5.74) is -1.36. The zero-order chi connectivity index (χ0) is 28.9. The Morgan fingerprint density at radius 2 is 1.88 bits per heavy atom. The monoisotopic (exact) mass is 646 g/mol. The number of nitrogens with zero attached hydrogens (tertiary/aromatic N) is 6. The predicted molar refractivity (Wildman–Crippen MR) is 135 cm³/mol. The number of benzene rings is 2. The number of aliphatic hydroxyl groups is 3. The van der Waals surface area contributed by atoms with Crippen molar-refractivity contribution in [3.63, 3.8) is 0 Å². The Kier molecular flexibility index (Phi) is 7.71. The first kappa shape index (κ1) is 28.6. The minimum atomic E-state index is -4.78. The van der Waals surface area contributed by atoms with E-state index in [0.29, 0.717) is 4.47 Å². The number of aryl methyl sites for hydroxylation is 1. The normalized spacial score (nSPS) is 23.5. The standard InChI is InChI=1S/C24H20BrClF4N6O4/c1-10-31-23(36(33-10)17-7-12(26)3-5-14(17)24(28,29)30)22-21(39)19(20(38)18(9-37)40-22)35-8-16(32-34-35)13-4-2-11(25)6-15(13)27/h2-8,18-22,37-39H,9H2,1H3/t18-,19+,20+,21-,22-/m1/s1. The molecule has 0 radical (unpaired) electrons. The third kappa shape index (κ3) is 5.24. The number of ether oxygens (including phenoxy) is 1. The summed E-state index contributed by atoms with van der Waals surface area (Å²) < 4.78 is 64.3. The topological polar surface area (TPSA) is 131 Å². The molecule has 40 heavy (non-hydrogen) atoms. The smallest absolute Gasteiger partial charge is 0.394 e. The molecule has 1 aliphatic rings. The lowest BCUT2D eigenvalue weighted by molar-refractivity contribution is -0.210. The predicted octanol–water partition coefficient (Wildman–Crippen LogP) is 3.80. The van der Waals surface area contributed by atoms with Crippen LogP contribution in [-0.4, -0.2) is 70.0 Å². The van der Waals surface area contributed by atoms with Gasteiger partial charge in [0, 0.05) is 15.1 Å². The van der Waals surface area contributed by atoms with Crippen molar-refractivity contribution in [3.8, 4) is 16.9 Å². The van der Waals surface area contributed by atoms with Gasteiger partial charge < -0.3 is 20.1 Å². The van der Waals surface area contributed by atoms with Gasteiger partial charge in [0.2, 0.25) is 0 Å². The molecule has 0 unspecified atom stereocenters. The summed E-state index contributed by atoms with van der Waals surface area (Å²) in [4.78, 5) is 4.20. The van der Waals surface area contributed by atoms with E-state index in [-0.39, 0.29) is 27.9 Å². The van der Waals surface area contributed by atoms with Crippen molar-refractivity contribution in [2.24, 2.45) is 0 Å². The second kappa shape index (κ2) is 10.8. The van der Waals surface area contributed by atoms with Crippen LogP contribution in [0, 0.1) is 12.7 Å². The van der Waals surface area contributed by atoms with Gasteiger partial charge >= 0.3 is 6.18 Å². The number of alkyl halides is 3. The minimum absolute atomic E-state index is 0.0101. The van der Waals surface area contributed by atoms with Crippen LogP contribution in [0.1, 0.15) is 29.4 Å². The quantitative estimate of drug-likeness (QED) is 0.279. The molecule has 0 saturated carbocycles. The van der Waals surface area contributed by atoms with Crippen molar-refractivity contribution in [1.29, 1.82) is 0 Å². The fraction of sp³-hybridized carbons (Fsp3) is 0.333. The summed E-state index contributed by atoms with van der Waals surface area (Å²) in [6.07, 6.45) is -9.54. The van der Waals surface area contributed by atoms with Gasteiger partial charge in [-0.05, 0) is 43.3 Å². The van der Waals surface area contributed by atoms with Crippen molar-refractivity contribution in [2.45, 2.75) is 43.6 Å². The summed E-state index contributed by atoms with van der Waals surface area (Å²) in [6.45, 7) is 0.710. The average Bonchev–Trinajstić information content (AvgIpc) is 3.50. The van der Waals surface area contributed by atoms with E-state index in [2.05, 4.69) is 36.3 Å². The molecule has 5 atom stereocenters. The van der Waals surface area contributed by atoms with Crippen LogP contribution in [0.5, 0.6) is 0 Å². The molecule has 1 aliphatic heterocycles. The van der Waals surface area contributed by atoms with E-state index >= 15 is 0 Å². The zero-order valence-electron chi connectivity index (χ0n) is 20.3. The fourth-order valence-corrected chi connectivity index (χ4v) is 5.08. The number of hydrogen-bond acceptors (Lipinski definition) is 8. The Bertz CT molecular complexity index is 1550. The maximum absolute atomic E-state index is 14.5. The van der Waals surface area contributed by atoms with Gasteiger partial charge in [0.05, 0.1) is 24.1 Å². The van der Waals surface area contributed by atoms with Crippen LogP contribution in [0.3, 0.4) is 0 Å². The van der Waals surface area contributed by atoms with E-state index in [1.54, 1.807) is 6.07 Å². The van der Waals surface area contributed by atoms with Gasteiger partial charge in [-0.2, -0.15) is 18.3 Å². The number of rotatable bonds is 5. The van der Waals surface area contributed by atoms with Crippen LogP contribution in [0.2, 0.25) is 5.02 Å². The van der Waals surface area contributed by atoms with Gasteiger partial charge in [0.25, 0.3) is 0 Å². The molecule has 3 N–H and O–H groups in total. The molecule has 0 spiro atoms. The summed E-state index contributed by atoms with van der Waals surface area (Å²) >= 11 is 9.18. The van der Waals surface area contributed by atoms with Crippen LogP contribution < -0.4 is 0 Å². The zero-order valence-corrected chi connectivity index (χ0v) is 22.7. The SMILES string of the molecule is Cc1nc([C@@H]2O[C@H](CO)[C@H](O)[C@H](n3cc(-c4ccc(Br)cc4F)nn3)[C@H]2O)n(-c2cc(Cl)ccc2C(F)(F)F)n1. The number of hydrogen-bond donors (Lipinski definition) is 3. The molecule has 0 aliphatic carbocycles. The maximum atomic E-state index is 14.5. The van der Waals surface area contributed by atoms with Gasteiger partial charge in [-0.15, -0.1) is 5.10 Å². The number of aliphatic hydroxyl groups excluding tert-OH is 3. The molecule has 5 rings (SSSR count). The van der Waals surface area contributed by atoms with E-state index in [1.807, 2.05) is 0 Å². The Morgan fingerprint density at radius 1 is 1.12 bits per heavy atom. The van der Waals surface area contributed by atoms with Gasteiger partial charge in [0.15, 0.2) is 5.82 Å². The molecule has 0 bridgehead atoms. The Balaban J connectivity index is 1.58. The van der Waals surface area contributed by atoms with Crippen LogP contribution in [-0.2, 0) is 10.9 Å². The lowest BCUT2D eigenvalue weighted by atomic mass is 9.92. The van der Waals surface area contributed by atoms with Crippen molar-refractivity contribution in [3.05, 3.63) is 75.1 Å². The summed E-state index contributed by atoms with van der Waals surface area (Å²) in [7, 11) is 0. The highest BCUT2D eigenvalue weighted by molar-refractivity contribution is 9.10. The lowest BCUT2D eigenvalue weighted by Gasteiger charge is -2.41. The van der Waals surface area contributed by atoms with Crippen molar-refractivity contribution < 1.29 is 37.6 Å². The highest BCUT2D eigenvalue weighted by Crippen LogP contribution is 2.41. The minimum Gasteiger partial charge on any atom is -0.394 e. The summed E-state index contributed by atoms with van der Waals surface area (Å²) in [5, 5.41) is 44.2. The molecule has 2 aromatic carbocycles. The molecule has 0 amide bonds. The third-order valence-electron chi connectivity index (χ3n) is 6.40. The molecule has 212 valence electrons. The highest BCUT2D eigenvalue weighted by Gasteiger charge is 2.49. The number of halogens is 6. The Labute approximate surface area is 236 Å². The molecule has 1 fully saturated rings. The molecule has 10 nitrogen and oxygen atoms in total. The Morgan fingerprint density at radius 3 is 2.55 bits per heavy atom. The van der Waals surface area contributed by atoms with Gasteiger partial charge in [-0.3, -0.25) is 0 Å². The van der Waals surface area contributed by atoms with Crippen molar-refractivity contribution >= 4 is 27.5 Å². The van der Waals surface area contributed by atoms with Crippen LogP contribution in [0.4, 0.5) is 17.6 Å². The summed E-state index contributed by atoms with van der Waals surface area (Å²) in [5.74, 6) is -0.797. The largest absolute Gasteiger partial charge is 0.418 e. The molecule has 3 heterocycles.